The first-order valence-electron chi connectivity index (χ1n) is 12.2. The molecule has 0 saturated carbocycles. The summed E-state index contributed by atoms with van der Waals surface area (Å²) in [6, 6.07) is 2.09. The SMILES string of the molecule is CC/C=C/C(=C\NC)c1cnc2c(Nc3cc(CN4CCC(c5nc(C)no5)C4)ns3)nc(C)cn12. The minimum Gasteiger partial charge on any atom is -0.393 e. The van der Waals surface area contributed by atoms with Crippen LogP contribution in [0.4, 0.5) is 10.8 Å². The second-order valence-electron chi connectivity index (χ2n) is 8.97. The second kappa shape index (κ2) is 10.6. The molecule has 4 aromatic rings. The Balaban J connectivity index is 1.31. The smallest absolute Gasteiger partial charge is 0.231 e. The normalized spacial score (nSPS) is 17.0. The number of nitrogens with one attached hydrogen (secondary N) is 2. The van der Waals surface area contributed by atoms with E-state index in [1.807, 2.05) is 39.5 Å². The summed E-state index contributed by atoms with van der Waals surface area (Å²) in [5.74, 6) is 2.43. The van der Waals surface area contributed by atoms with Gasteiger partial charge < -0.3 is 15.2 Å². The zero-order valence-electron chi connectivity index (χ0n) is 21.0. The van der Waals surface area contributed by atoms with Crippen molar-refractivity contribution < 1.29 is 4.52 Å². The monoisotopic (exact) mass is 505 g/mol. The number of allylic oxidation sites excluding steroid dienone is 3. The topological polar surface area (TPSA) is 109 Å². The van der Waals surface area contributed by atoms with Gasteiger partial charge in [0.05, 0.1) is 29.2 Å². The highest BCUT2D eigenvalue weighted by molar-refractivity contribution is 7.10. The molecule has 5 heterocycles. The molecule has 5 rings (SSSR count). The van der Waals surface area contributed by atoms with Gasteiger partial charge in [-0.15, -0.1) is 0 Å². The molecular weight excluding hydrogens is 474 g/mol. The number of aryl methyl sites for hydroxylation is 2. The molecule has 11 heteroatoms. The highest BCUT2D eigenvalue weighted by Gasteiger charge is 2.28. The molecule has 0 aromatic carbocycles. The van der Waals surface area contributed by atoms with E-state index in [1.165, 1.54) is 11.5 Å². The van der Waals surface area contributed by atoms with Gasteiger partial charge in [-0.2, -0.15) is 9.36 Å². The first-order chi connectivity index (χ1) is 17.5. The Morgan fingerprint density at radius 2 is 2.19 bits per heavy atom. The lowest BCUT2D eigenvalue weighted by Gasteiger charge is -2.13. The summed E-state index contributed by atoms with van der Waals surface area (Å²) in [6.45, 7) is 8.63. The van der Waals surface area contributed by atoms with Crippen LogP contribution in [-0.2, 0) is 6.54 Å². The van der Waals surface area contributed by atoms with Crippen LogP contribution in [0.3, 0.4) is 0 Å². The van der Waals surface area contributed by atoms with Gasteiger partial charge in [0, 0.05) is 38.1 Å². The number of likely N-dealkylation sites (tertiary alicyclic amines) is 1. The van der Waals surface area contributed by atoms with Crippen LogP contribution in [-0.4, -0.2) is 53.9 Å². The van der Waals surface area contributed by atoms with Gasteiger partial charge >= 0.3 is 0 Å². The van der Waals surface area contributed by atoms with Crippen LogP contribution in [0.15, 0.2) is 41.3 Å². The second-order valence-corrected chi connectivity index (χ2v) is 9.78. The Labute approximate surface area is 214 Å². The fourth-order valence-corrected chi connectivity index (χ4v) is 5.12. The van der Waals surface area contributed by atoms with Gasteiger partial charge in [0.2, 0.25) is 5.89 Å². The van der Waals surface area contributed by atoms with Gasteiger partial charge in [-0.25, -0.2) is 9.97 Å². The van der Waals surface area contributed by atoms with Crippen molar-refractivity contribution in [2.24, 2.45) is 0 Å². The molecule has 1 saturated heterocycles. The van der Waals surface area contributed by atoms with E-state index >= 15 is 0 Å². The molecule has 1 aliphatic rings. The number of aromatic nitrogens is 6. The van der Waals surface area contributed by atoms with E-state index in [-0.39, 0.29) is 5.92 Å². The maximum atomic E-state index is 5.37. The van der Waals surface area contributed by atoms with Gasteiger partial charge in [0.25, 0.3) is 0 Å². The zero-order valence-corrected chi connectivity index (χ0v) is 21.8. The molecule has 4 aromatic heterocycles. The third kappa shape index (κ3) is 5.17. The lowest BCUT2D eigenvalue weighted by atomic mass is 10.1. The van der Waals surface area contributed by atoms with Crippen LogP contribution in [0.5, 0.6) is 0 Å². The first-order valence-corrected chi connectivity index (χ1v) is 13.0. The van der Waals surface area contributed by atoms with Crippen molar-refractivity contribution >= 4 is 33.6 Å². The van der Waals surface area contributed by atoms with Crippen molar-refractivity contribution in [3.63, 3.8) is 0 Å². The first kappa shape index (κ1) is 24.1. The fraction of sp³-hybridized carbons (Fsp3) is 0.400. The van der Waals surface area contributed by atoms with Crippen LogP contribution in [0.25, 0.3) is 11.2 Å². The lowest BCUT2D eigenvalue weighted by Crippen LogP contribution is -2.19. The molecule has 0 amide bonds. The van der Waals surface area contributed by atoms with Gasteiger partial charge in [-0.3, -0.25) is 9.30 Å². The Hall–Kier alpha value is -3.57. The molecular formula is C25H31N9OS. The molecule has 188 valence electrons. The molecule has 0 radical (unpaired) electrons. The number of hydrogen-bond acceptors (Lipinski definition) is 10. The van der Waals surface area contributed by atoms with Crippen LogP contribution >= 0.6 is 11.5 Å². The van der Waals surface area contributed by atoms with Crippen molar-refractivity contribution in [1.29, 1.82) is 0 Å². The van der Waals surface area contributed by atoms with Crippen molar-refractivity contribution in [3.8, 4) is 0 Å². The summed E-state index contributed by atoms with van der Waals surface area (Å²) < 4.78 is 12.1. The van der Waals surface area contributed by atoms with E-state index in [4.69, 9.17) is 9.51 Å². The largest absolute Gasteiger partial charge is 0.393 e. The van der Waals surface area contributed by atoms with Crippen LogP contribution in [0.1, 0.15) is 54.5 Å². The Kier molecular flexibility index (Phi) is 7.10. The third-order valence-electron chi connectivity index (χ3n) is 6.09. The number of anilines is 2. The summed E-state index contributed by atoms with van der Waals surface area (Å²) >= 11 is 1.44. The van der Waals surface area contributed by atoms with Crippen molar-refractivity contribution in [3.05, 3.63) is 65.6 Å². The molecule has 36 heavy (non-hydrogen) atoms. The predicted octanol–water partition coefficient (Wildman–Crippen LogP) is 4.45. The van der Waals surface area contributed by atoms with E-state index < -0.39 is 0 Å². The van der Waals surface area contributed by atoms with E-state index in [0.29, 0.717) is 11.6 Å². The fourth-order valence-electron chi connectivity index (χ4n) is 4.46. The molecule has 2 N–H and O–H groups in total. The Morgan fingerprint density at radius 1 is 1.31 bits per heavy atom. The molecule has 1 aliphatic heterocycles. The standard InChI is InChI=1S/C25H31N9OS/c1-5-6-7-18(11-26-4)21-12-27-24-23(28-16(2)13-34(21)24)30-22-10-20(32-36-22)15-33-9-8-19(14-33)25-29-17(3)31-35-25/h6-7,10-13,19,26H,5,8-9,14-15H2,1-4H3,(H,28,30)/b7-6+,18-11+. The van der Waals surface area contributed by atoms with E-state index in [9.17, 15) is 0 Å². The molecule has 0 bridgehead atoms. The van der Waals surface area contributed by atoms with Gasteiger partial charge in [-0.1, -0.05) is 24.2 Å². The van der Waals surface area contributed by atoms with Crippen molar-refractivity contribution in [2.45, 2.75) is 46.1 Å². The molecule has 1 fully saturated rings. The lowest BCUT2D eigenvalue weighted by molar-refractivity contribution is 0.306. The average Bonchev–Trinajstić information content (AvgIpc) is 3.65. The predicted molar refractivity (Wildman–Crippen MR) is 141 cm³/mol. The highest BCUT2D eigenvalue weighted by Crippen LogP contribution is 2.29. The summed E-state index contributed by atoms with van der Waals surface area (Å²) in [4.78, 5) is 16.2. The number of nitrogens with zero attached hydrogens (tertiary/aromatic N) is 7. The Morgan fingerprint density at radius 3 is 2.97 bits per heavy atom. The molecule has 0 aliphatic carbocycles. The maximum Gasteiger partial charge on any atom is 0.231 e. The van der Waals surface area contributed by atoms with Gasteiger partial charge in [0.15, 0.2) is 17.3 Å². The van der Waals surface area contributed by atoms with Crippen LogP contribution in [0.2, 0.25) is 0 Å². The highest BCUT2D eigenvalue weighted by atomic mass is 32.1. The molecule has 10 nitrogen and oxygen atoms in total. The van der Waals surface area contributed by atoms with Crippen LogP contribution < -0.4 is 10.6 Å². The van der Waals surface area contributed by atoms with Gasteiger partial charge in [-0.05, 0) is 50.8 Å². The quantitative estimate of drug-likeness (QED) is 0.319. The zero-order chi connectivity index (χ0) is 25.1. The molecule has 1 unspecified atom stereocenters. The number of hydrogen-bond donors (Lipinski definition) is 2. The third-order valence-corrected chi connectivity index (χ3v) is 6.83. The maximum absolute atomic E-state index is 5.37. The number of rotatable bonds is 9. The molecule has 1 atom stereocenters. The van der Waals surface area contributed by atoms with Crippen molar-refractivity contribution in [1.82, 2.24) is 39.1 Å². The number of fused-ring (bicyclic) bond motifs is 1. The average molecular weight is 506 g/mol. The number of imidazole rings is 1. The summed E-state index contributed by atoms with van der Waals surface area (Å²) in [7, 11) is 1.90. The summed E-state index contributed by atoms with van der Waals surface area (Å²) in [5.41, 5.74) is 4.76. The van der Waals surface area contributed by atoms with Gasteiger partial charge in [0.1, 0.15) is 5.00 Å². The van der Waals surface area contributed by atoms with E-state index in [2.05, 4.69) is 64.6 Å². The van der Waals surface area contributed by atoms with E-state index in [1.54, 1.807) is 0 Å². The van der Waals surface area contributed by atoms with E-state index in [0.717, 1.165) is 71.7 Å². The van der Waals surface area contributed by atoms with Crippen LogP contribution in [0, 0.1) is 13.8 Å². The summed E-state index contributed by atoms with van der Waals surface area (Å²) in [6.07, 6.45) is 12.1. The Bertz CT molecular complexity index is 1400. The molecule has 0 spiro atoms. The minimum absolute atomic E-state index is 0.288. The summed E-state index contributed by atoms with van der Waals surface area (Å²) in [5, 5.41) is 11.5. The van der Waals surface area contributed by atoms with Crippen molar-refractivity contribution in [2.75, 3.05) is 25.5 Å². The minimum atomic E-state index is 0.288.